The second kappa shape index (κ2) is 6.89. The van der Waals surface area contributed by atoms with Crippen LogP contribution in [0.3, 0.4) is 0 Å². The smallest absolute Gasteiger partial charge is 0.410 e. The molecule has 2 aliphatic heterocycles. The third-order valence-electron chi connectivity index (χ3n) is 5.14. The van der Waals surface area contributed by atoms with Gasteiger partial charge in [0.2, 0.25) is 0 Å². The van der Waals surface area contributed by atoms with Crippen molar-refractivity contribution >= 4 is 11.9 Å². The first-order chi connectivity index (χ1) is 12.2. The molecule has 6 heteroatoms. The van der Waals surface area contributed by atoms with Crippen molar-refractivity contribution in [2.24, 2.45) is 5.92 Å². The van der Waals surface area contributed by atoms with Gasteiger partial charge in [-0.2, -0.15) is 0 Å². The van der Waals surface area contributed by atoms with E-state index in [1.807, 2.05) is 25.7 Å². The number of amides is 1. The van der Waals surface area contributed by atoms with Crippen molar-refractivity contribution < 1.29 is 23.5 Å². The molecule has 1 aromatic carbocycles. The number of fused-ring (bicyclic) bond motifs is 2. The molecular weight excluding hydrogens is 337 g/mol. The first kappa shape index (κ1) is 18.7. The van der Waals surface area contributed by atoms with E-state index in [0.717, 1.165) is 12.8 Å². The normalized spacial score (nSPS) is 25.1. The van der Waals surface area contributed by atoms with Crippen LogP contribution in [-0.4, -0.2) is 41.6 Å². The van der Waals surface area contributed by atoms with Crippen LogP contribution in [0.4, 0.5) is 9.18 Å². The minimum atomic E-state index is -0.537. The Morgan fingerprint density at radius 2 is 1.77 bits per heavy atom. The molecule has 2 heterocycles. The van der Waals surface area contributed by atoms with E-state index in [0.29, 0.717) is 18.4 Å². The zero-order chi connectivity index (χ0) is 19.1. The summed E-state index contributed by atoms with van der Waals surface area (Å²) in [5, 5.41) is 0. The third-order valence-corrected chi connectivity index (χ3v) is 5.14. The van der Waals surface area contributed by atoms with Crippen LogP contribution in [0.2, 0.25) is 0 Å². The van der Waals surface area contributed by atoms with Crippen LogP contribution in [0.5, 0.6) is 5.75 Å². The molecule has 0 radical (unpaired) electrons. The fraction of sp³-hybridized carbons (Fsp3) is 0.600. The fourth-order valence-electron chi connectivity index (χ4n) is 4.09. The summed E-state index contributed by atoms with van der Waals surface area (Å²) < 4.78 is 24.1. The van der Waals surface area contributed by atoms with Gasteiger partial charge in [0.1, 0.15) is 17.2 Å². The highest BCUT2D eigenvalue weighted by atomic mass is 19.1. The van der Waals surface area contributed by atoms with Gasteiger partial charge in [-0.05, 0) is 58.6 Å². The van der Waals surface area contributed by atoms with E-state index in [1.165, 1.54) is 25.3 Å². The minimum Gasteiger partial charge on any atom is -0.496 e. The summed E-state index contributed by atoms with van der Waals surface area (Å²) in [5.41, 5.74) is -0.131. The molecule has 0 aromatic heterocycles. The molecule has 0 saturated carbocycles. The van der Waals surface area contributed by atoms with E-state index >= 15 is 0 Å². The van der Waals surface area contributed by atoms with Crippen LogP contribution in [-0.2, 0) is 4.74 Å². The molecule has 2 bridgehead atoms. The molecule has 2 aliphatic rings. The SMILES string of the molecule is COc1cc(F)ccc1C(=O)C1CC2CCC(C1)N2C(=O)OC(C)(C)C. The first-order valence-electron chi connectivity index (χ1n) is 9.08. The average molecular weight is 363 g/mol. The van der Waals surface area contributed by atoms with E-state index in [1.54, 1.807) is 0 Å². The van der Waals surface area contributed by atoms with Gasteiger partial charge >= 0.3 is 6.09 Å². The minimum absolute atomic E-state index is 0.0176. The molecule has 2 fully saturated rings. The molecule has 0 aliphatic carbocycles. The summed E-state index contributed by atoms with van der Waals surface area (Å²) in [6.45, 7) is 5.55. The molecule has 3 rings (SSSR count). The maximum Gasteiger partial charge on any atom is 0.410 e. The lowest BCUT2D eigenvalue weighted by Gasteiger charge is -2.39. The van der Waals surface area contributed by atoms with E-state index in [4.69, 9.17) is 9.47 Å². The number of piperidine rings is 1. The molecule has 5 nitrogen and oxygen atoms in total. The Kier molecular flexibility index (Phi) is 4.95. The quantitative estimate of drug-likeness (QED) is 0.756. The third kappa shape index (κ3) is 3.69. The lowest BCUT2D eigenvalue weighted by Crippen LogP contribution is -2.49. The number of carbonyl (C=O) groups excluding carboxylic acids is 2. The molecule has 0 spiro atoms. The largest absolute Gasteiger partial charge is 0.496 e. The fourth-order valence-corrected chi connectivity index (χ4v) is 4.09. The van der Waals surface area contributed by atoms with Crippen molar-refractivity contribution in [2.45, 2.75) is 64.1 Å². The second-order valence-corrected chi connectivity index (χ2v) is 8.15. The van der Waals surface area contributed by atoms with Gasteiger partial charge in [0.15, 0.2) is 5.78 Å². The summed E-state index contributed by atoms with van der Waals surface area (Å²) in [6, 6.07) is 4.03. The maximum atomic E-state index is 13.4. The topological polar surface area (TPSA) is 55.8 Å². The van der Waals surface area contributed by atoms with Crippen LogP contribution in [0.25, 0.3) is 0 Å². The molecule has 2 saturated heterocycles. The summed E-state index contributed by atoms with van der Waals surface area (Å²) in [6.07, 6.45) is 2.68. The molecule has 1 amide bonds. The van der Waals surface area contributed by atoms with Crippen molar-refractivity contribution in [2.75, 3.05) is 7.11 Å². The number of ether oxygens (including phenoxy) is 2. The molecule has 26 heavy (non-hydrogen) atoms. The molecule has 1 aromatic rings. The van der Waals surface area contributed by atoms with Gasteiger partial charge in [0.05, 0.1) is 12.7 Å². The van der Waals surface area contributed by atoms with Crippen LogP contribution in [0, 0.1) is 11.7 Å². The van der Waals surface area contributed by atoms with Gasteiger partial charge in [-0.1, -0.05) is 0 Å². The molecular formula is C20H26FNO4. The maximum absolute atomic E-state index is 13.4. The van der Waals surface area contributed by atoms with Crippen LogP contribution >= 0.6 is 0 Å². The lowest BCUT2D eigenvalue weighted by molar-refractivity contribution is 0.00251. The van der Waals surface area contributed by atoms with E-state index < -0.39 is 11.4 Å². The van der Waals surface area contributed by atoms with Crippen molar-refractivity contribution in [1.29, 1.82) is 0 Å². The van der Waals surface area contributed by atoms with Crippen LogP contribution < -0.4 is 4.74 Å². The van der Waals surface area contributed by atoms with Gasteiger partial charge in [-0.15, -0.1) is 0 Å². The molecule has 2 atom stereocenters. The zero-order valence-corrected chi connectivity index (χ0v) is 15.8. The van der Waals surface area contributed by atoms with Gasteiger partial charge < -0.3 is 14.4 Å². The number of hydrogen-bond donors (Lipinski definition) is 0. The predicted octanol–water partition coefficient (Wildman–Crippen LogP) is 4.20. The van der Waals surface area contributed by atoms with Crippen LogP contribution in [0.1, 0.15) is 56.8 Å². The summed E-state index contributed by atoms with van der Waals surface area (Å²) in [7, 11) is 1.43. The van der Waals surface area contributed by atoms with Gasteiger partial charge in [0.25, 0.3) is 0 Å². The number of ketones is 1. The Hall–Kier alpha value is -2.11. The van der Waals surface area contributed by atoms with Crippen molar-refractivity contribution in [3.8, 4) is 5.75 Å². The number of rotatable bonds is 3. The highest BCUT2D eigenvalue weighted by Gasteiger charge is 2.46. The summed E-state index contributed by atoms with van der Waals surface area (Å²) in [5.74, 6) is -0.400. The van der Waals surface area contributed by atoms with Gasteiger partial charge in [-0.3, -0.25) is 4.79 Å². The Balaban J connectivity index is 1.75. The number of benzene rings is 1. The number of hydrogen-bond acceptors (Lipinski definition) is 4. The Morgan fingerprint density at radius 3 is 2.31 bits per heavy atom. The Labute approximate surface area is 153 Å². The van der Waals surface area contributed by atoms with E-state index in [2.05, 4.69) is 0 Å². The number of methoxy groups -OCH3 is 1. The molecule has 0 N–H and O–H groups in total. The van der Waals surface area contributed by atoms with Crippen molar-refractivity contribution in [3.05, 3.63) is 29.6 Å². The highest BCUT2D eigenvalue weighted by Crippen LogP contribution is 2.41. The second-order valence-electron chi connectivity index (χ2n) is 8.15. The monoisotopic (exact) mass is 363 g/mol. The zero-order valence-electron chi connectivity index (χ0n) is 15.8. The molecule has 142 valence electrons. The Bertz CT molecular complexity index is 698. The van der Waals surface area contributed by atoms with Crippen LogP contribution in [0.15, 0.2) is 18.2 Å². The average Bonchev–Trinajstić information content (AvgIpc) is 2.83. The summed E-state index contributed by atoms with van der Waals surface area (Å²) in [4.78, 5) is 27.3. The highest BCUT2D eigenvalue weighted by molar-refractivity contribution is 6.00. The summed E-state index contributed by atoms with van der Waals surface area (Å²) >= 11 is 0. The number of halogens is 1. The van der Waals surface area contributed by atoms with Crippen molar-refractivity contribution in [1.82, 2.24) is 4.90 Å². The molecule has 2 unspecified atom stereocenters. The lowest BCUT2D eigenvalue weighted by atomic mass is 9.84. The van der Waals surface area contributed by atoms with Gasteiger partial charge in [0, 0.05) is 24.1 Å². The number of carbonyl (C=O) groups is 2. The standard InChI is InChI=1S/C20H26FNO4/c1-20(2,3)26-19(24)22-14-6-7-15(22)10-12(9-14)18(23)16-8-5-13(21)11-17(16)25-4/h5,8,11-12,14-15H,6-7,9-10H2,1-4H3. The number of Topliss-reactive ketones (excluding diaryl/α,β-unsaturated/α-hetero) is 1. The first-order valence-corrected chi connectivity index (χ1v) is 9.08. The van der Waals surface area contributed by atoms with E-state index in [-0.39, 0.29) is 35.6 Å². The van der Waals surface area contributed by atoms with Crippen molar-refractivity contribution in [3.63, 3.8) is 0 Å². The predicted molar refractivity (Wildman–Crippen MR) is 94.9 cm³/mol. The Morgan fingerprint density at radius 1 is 1.15 bits per heavy atom. The van der Waals surface area contributed by atoms with E-state index in [9.17, 15) is 14.0 Å². The number of nitrogens with zero attached hydrogens (tertiary/aromatic N) is 1. The van der Waals surface area contributed by atoms with Gasteiger partial charge in [-0.25, -0.2) is 9.18 Å².